The summed E-state index contributed by atoms with van der Waals surface area (Å²) in [5.41, 5.74) is -1.03. The SMILES string of the molecule is CN1C(=O)[C@]2(c3ccccc31)[C@H]1CC[C@H](/C(=C\C=C\c3ccc([N+](=O)[O-])cc3)C1=O)C2(C#N)C#N. The lowest BCUT2D eigenvalue weighted by Gasteiger charge is -2.55. The summed E-state index contributed by atoms with van der Waals surface area (Å²) in [5.74, 6) is -2.14. The maximum Gasteiger partial charge on any atom is 0.269 e. The summed E-state index contributed by atoms with van der Waals surface area (Å²) in [7, 11) is 1.62. The van der Waals surface area contributed by atoms with E-state index < -0.39 is 27.6 Å². The molecule has 2 bridgehead atoms. The summed E-state index contributed by atoms with van der Waals surface area (Å²) >= 11 is 0. The van der Waals surface area contributed by atoms with Crippen molar-refractivity contribution in [1.29, 1.82) is 10.5 Å². The van der Waals surface area contributed by atoms with E-state index in [0.717, 1.165) is 0 Å². The van der Waals surface area contributed by atoms with Gasteiger partial charge in [0.1, 0.15) is 5.41 Å². The van der Waals surface area contributed by atoms with Crippen LogP contribution in [-0.2, 0) is 15.0 Å². The Hall–Kier alpha value is -4.56. The molecule has 2 aromatic rings. The van der Waals surface area contributed by atoms with Crippen LogP contribution in [0.4, 0.5) is 11.4 Å². The van der Waals surface area contributed by atoms with Crippen molar-refractivity contribution in [3.05, 3.63) is 87.5 Å². The highest BCUT2D eigenvalue weighted by molar-refractivity contribution is 6.16. The van der Waals surface area contributed by atoms with E-state index in [1.165, 1.54) is 17.0 Å². The van der Waals surface area contributed by atoms with Crippen molar-refractivity contribution in [3.8, 4) is 12.1 Å². The largest absolute Gasteiger partial charge is 0.314 e. The number of para-hydroxylation sites is 1. The lowest BCUT2D eigenvalue weighted by atomic mass is 9.40. The molecule has 3 atom stereocenters. The van der Waals surface area contributed by atoms with Gasteiger partial charge in [-0.2, -0.15) is 10.5 Å². The average molecular weight is 464 g/mol. The number of hydrogen-bond acceptors (Lipinski definition) is 6. The zero-order chi connectivity index (χ0) is 25.0. The van der Waals surface area contributed by atoms with E-state index in [4.69, 9.17) is 0 Å². The number of nitriles is 2. The normalized spacial score (nSPS) is 27.3. The highest BCUT2D eigenvalue weighted by Gasteiger charge is 2.76. The number of fused-ring (bicyclic) bond motifs is 3. The van der Waals surface area contributed by atoms with Crippen molar-refractivity contribution in [2.24, 2.45) is 17.3 Å². The van der Waals surface area contributed by atoms with Crippen LogP contribution in [0.1, 0.15) is 24.0 Å². The third-order valence-corrected chi connectivity index (χ3v) is 7.74. The van der Waals surface area contributed by atoms with Gasteiger partial charge in [0.25, 0.3) is 5.69 Å². The van der Waals surface area contributed by atoms with Crippen molar-refractivity contribution in [2.75, 3.05) is 11.9 Å². The summed E-state index contributed by atoms with van der Waals surface area (Å²) in [4.78, 5) is 39.3. The molecule has 4 aliphatic rings. The number of benzene rings is 2. The van der Waals surface area contributed by atoms with Crippen LogP contribution in [0.25, 0.3) is 6.08 Å². The quantitative estimate of drug-likeness (QED) is 0.382. The van der Waals surface area contributed by atoms with Gasteiger partial charge in [0.05, 0.1) is 17.1 Å². The molecular weight excluding hydrogens is 444 g/mol. The first-order valence-electron chi connectivity index (χ1n) is 11.2. The first-order chi connectivity index (χ1) is 16.8. The molecule has 172 valence electrons. The highest BCUT2D eigenvalue weighted by Crippen LogP contribution is 2.67. The molecule has 3 fully saturated rings. The predicted molar refractivity (Wildman–Crippen MR) is 127 cm³/mol. The van der Waals surface area contributed by atoms with Crippen molar-refractivity contribution in [3.63, 3.8) is 0 Å². The minimum atomic E-state index is -1.73. The van der Waals surface area contributed by atoms with Crippen LogP contribution in [0.15, 0.2) is 66.3 Å². The number of hydrogen-bond donors (Lipinski definition) is 0. The molecule has 1 heterocycles. The number of nitro benzene ring substituents is 1. The fourth-order valence-electron chi connectivity index (χ4n) is 6.24. The zero-order valence-corrected chi connectivity index (χ0v) is 18.8. The molecule has 2 aromatic carbocycles. The second-order valence-corrected chi connectivity index (χ2v) is 9.10. The van der Waals surface area contributed by atoms with Crippen LogP contribution in [-0.4, -0.2) is 23.7 Å². The summed E-state index contributed by atoms with van der Waals surface area (Å²) < 4.78 is 0. The van der Waals surface area contributed by atoms with E-state index in [-0.39, 0.29) is 17.4 Å². The van der Waals surface area contributed by atoms with Crippen LogP contribution in [0.5, 0.6) is 0 Å². The summed E-state index contributed by atoms with van der Waals surface area (Å²) in [5, 5.41) is 31.7. The number of carbonyl (C=O) groups is 2. The van der Waals surface area contributed by atoms with Gasteiger partial charge in [-0.05, 0) is 42.2 Å². The van der Waals surface area contributed by atoms with Crippen LogP contribution in [0.3, 0.4) is 0 Å². The molecule has 3 saturated carbocycles. The molecule has 35 heavy (non-hydrogen) atoms. The molecule has 1 amide bonds. The molecular formula is C27H20N4O4. The van der Waals surface area contributed by atoms with Gasteiger partial charge in [0.15, 0.2) is 11.2 Å². The predicted octanol–water partition coefficient (Wildman–Crippen LogP) is 4.09. The topological polar surface area (TPSA) is 128 Å². The smallest absolute Gasteiger partial charge is 0.269 e. The first-order valence-corrected chi connectivity index (χ1v) is 11.2. The Morgan fingerprint density at radius 1 is 1.06 bits per heavy atom. The van der Waals surface area contributed by atoms with Crippen molar-refractivity contribution >= 4 is 29.1 Å². The molecule has 0 aromatic heterocycles. The molecule has 0 saturated heterocycles. The molecule has 8 nitrogen and oxygen atoms in total. The lowest BCUT2D eigenvalue weighted by Crippen LogP contribution is -2.67. The van der Waals surface area contributed by atoms with Crippen LogP contribution >= 0.6 is 0 Å². The van der Waals surface area contributed by atoms with Gasteiger partial charge in [-0.3, -0.25) is 19.7 Å². The highest BCUT2D eigenvalue weighted by atomic mass is 16.6. The Morgan fingerprint density at radius 2 is 1.71 bits per heavy atom. The van der Waals surface area contributed by atoms with Crippen molar-refractivity contribution in [2.45, 2.75) is 18.3 Å². The van der Waals surface area contributed by atoms with E-state index in [2.05, 4.69) is 12.1 Å². The Labute approximate surface area is 201 Å². The number of nitrogens with zero attached hydrogens (tertiary/aromatic N) is 4. The van der Waals surface area contributed by atoms with E-state index in [9.17, 15) is 30.2 Å². The van der Waals surface area contributed by atoms with Crippen LogP contribution < -0.4 is 4.90 Å². The molecule has 0 radical (unpaired) electrons. The number of allylic oxidation sites excluding steroid dienone is 3. The fraction of sp³-hybridized carbons (Fsp3) is 0.259. The summed E-state index contributed by atoms with van der Waals surface area (Å²) in [6.45, 7) is 0. The number of rotatable bonds is 3. The Kier molecular flexibility index (Phi) is 4.92. The van der Waals surface area contributed by atoms with Gasteiger partial charge in [-0.1, -0.05) is 36.4 Å². The lowest BCUT2D eigenvalue weighted by molar-refractivity contribution is -0.384. The van der Waals surface area contributed by atoms with Gasteiger partial charge in [0.2, 0.25) is 5.91 Å². The van der Waals surface area contributed by atoms with Gasteiger partial charge in [0, 0.05) is 42.3 Å². The van der Waals surface area contributed by atoms with Gasteiger partial charge >= 0.3 is 0 Å². The van der Waals surface area contributed by atoms with Gasteiger partial charge in [-0.15, -0.1) is 0 Å². The number of nitro groups is 1. The number of ketones is 1. The minimum absolute atomic E-state index is 0.0233. The number of likely N-dealkylation sites (N-methyl/N-ethyl adjacent to an activating group) is 1. The van der Waals surface area contributed by atoms with E-state index in [0.29, 0.717) is 35.2 Å². The van der Waals surface area contributed by atoms with E-state index in [1.807, 2.05) is 0 Å². The summed E-state index contributed by atoms with van der Waals surface area (Å²) in [6.07, 6.45) is 5.84. The van der Waals surface area contributed by atoms with Gasteiger partial charge < -0.3 is 4.90 Å². The van der Waals surface area contributed by atoms with Gasteiger partial charge in [-0.25, -0.2) is 0 Å². The van der Waals surface area contributed by atoms with Crippen LogP contribution in [0, 0.1) is 50.0 Å². The monoisotopic (exact) mass is 464 g/mol. The van der Waals surface area contributed by atoms with E-state index in [1.54, 1.807) is 61.7 Å². The molecule has 1 aliphatic heterocycles. The molecule has 0 N–H and O–H groups in total. The number of amides is 1. The number of anilines is 1. The Balaban J connectivity index is 1.61. The Morgan fingerprint density at radius 3 is 2.37 bits per heavy atom. The minimum Gasteiger partial charge on any atom is -0.314 e. The van der Waals surface area contributed by atoms with E-state index >= 15 is 0 Å². The number of Topliss-reactive ketones (excluding diaryl/α,β-unsaturated/α-hetero) is 1. The molecule has 6 rings (SSSR count). The summed E-state index contributed by atoms with van der Waals surface area (Å²) in [6, 6.07) is 17.5. The molecule has 0 unspecified atom stereocenters. The zero-order valence-electron chi connectivity index (χ0n) is 18.8. The second-order valence-electron chi connectivity index (χ2n) is 9.10. The van der Waals surface area contributed by atoms with Crippen LogP contribution in [0.2, 0.25) is 0 Å². The number of carbonyl (C=O) groups excluding carboxylic acids is 2. The molecule has 8 heteroatoms. The molecule has 3 aliphatic carbocycles. The van der Waals surface area contributed by atoms with Crippen molar-refractivity contribution in [1.82, 2.24) is 0 Å². The maximum atomic E-state index is 13.8. The molecule has 1 spiro atoms. The Bertz CT molecular complexity index is 1410. The van der Waals surface area contributed by atoms with Crippen molar-refractivity contribution < 1.29 is 14.5 Å². The fourth-order valence-corrected chi connectivity index (χ4v) is 6.24. The standard InChI is InChI=1S/C27H20N4O4/c1-30-23-8-3-2-7-21(23)27(25(30)33)22-14-13-20(26(27,15-28)16-29)19(24(22)32)6-4-5-17-9-11-18(12-10-17)31(34)35/h2-12,20,22H,13-14H2,1H3/b5-4+,19-6+/t20-,22+,27+/m1/s1. The average Bonchev–Trinajstić information content (AvgIpc) is 3.09. The number of non-ortho nitro benzene ring substituents is 1. The third-order valence-electron chi connectivity index (χ3n) is 7.74. The maximum absolute atomic E-state index is 13.8. The third kappa shape index (κ3) is 2.71. The first kappa shape index (κ1) is 22.2. The second kappa shape index (κ2) is 7.75.